The van der Waals surface area contributed by atoms with Crippen LogP contribution in [0.4, 0.5) is 0 Å². The molecule has 1 aliphatic rings. The summed E-state index contributed by atoms with van der Waals surface area (Å²) >= 11 is 11.4. The summed E-state index contributed by atoms with van der Waals surface area (Å²) in [7, 11) is 0. The van der Waals surface area contributed by atoms with Gasteiger partial charge in [0.2, 0.25) is 0 Å². The van der Waals surface area contributed by atoms with E-state index in [4.69, 9.17) is 11.6 Å². The summed E-state index contributed by atoms with van der Waals surface area (Å²) in [4.78, 5) is 1.42. The van der Waals surface area contributed by atoms with Crippen molar-refractivity contribution in [2.45, 2.75) is 33.6 Å². The summed E-state index contributed by atoms with van der Waals surface area (Å²) in [5.41, 5.74) is 0.400. The SMILES string of the molecule is CC(C)CNCC1C(c2cc(Br)c(Cl)s2)C1(C)C. The second-order valence-corrected chi connectivity index (χ2v) is 8.77. The fourth-order valence-corrected chi connectivity index (χ4v) is 4.83. The molecular weight excluding hydrogens is 330 g/mol. The first-order valence-electron chi connectivity index (χ1n) is 6.49. The summed E-state index contributed by atoms with van der Waals surface area (Å²) in [5, 5.41) is 3.58. The second-order valence-electron chi connectivity index (χ2n) is 6.23. The lowest BCUT2D eigenvalue weighted by Gasteiger charge is -2.07. The van der Waals surface area contributed by atoms with E-state index in [1.807, 2.05) is 0 Å². The quantitative estimate of drug-likeness (QED) is 0.774. The Bertz CT molecular complexity index is 408. The highest BCUT2D eigenvalue weighted by atomic mass is 79.9. The highest BCUT2D eigenvalue weighted by Crippen LogP contribution is 2.65. The zero-order chi connectivity index (χ0) is 13.5. The zero-order valence-corrected chi connectivity index (χ0v) is 14.5. The molecule has 1 nitrogen and oxygen atoms in total. The number of halogens is 2. The molecule has 2 rings (SSSR count). The van der Waals surface area contributed by atoms with Crippen molar-refractivity contribution < 1.29 is 0 Å². The second kappa shape index (κ2) is 5.43. The van der Waals surface area contributed by atoms with Crippen molar-refractivity contribution in [3.8, 4) is 0 Å². The van der Waals surface area contributed by atoms with Gasteiger partial charge < -0.3 is 5.32 Å². The zero-order valence-electron chi connectivity index (χ0n) is 11.4. The standard InChI is InChI=1S/C14H21BrClNS/c1-8(2)6-17-7-9-12(14(9,3)4)11-5-10(15)13(16)18-11/h5,8-9,12,17H,6-7H2,1-4H3. The molecule has 0 bridgehead atoms. The first kappa shape index (κ1) is 14.8. The molecule has 0 amide bonds. The molecule has 1 saturated carbocycles. The summed E-state index contributed by atoms with van der Waals surface area (Å²) in [6, 6.07) is 2.20. The van der Waals surface area contributed by atoms with Crippen LogP contribution < -0.4 is 5.32 Å². The van der Waals surface area contributed by atoms with Crippen molar-refractivity contribution in [3.05, 3.63) is 19.8 Å². The third-order valence-electron chi connectivity index (χ3n) is 3.94. The molecule has 18 heavy (non-hydrogen) atoms. The van der Waals surface area contributed by atoms with E-state index >= 15 is 0 Å². The van der Waals surface area contributed by atoms with Gasteiger partial charge in [0.1, 0.15) is 4.34 Å². The fraction of sp³-hybridized carbons (Fsp3) is 0.714. The van der Waals surface area contributed by atoms with Crippen LogP contribution in [0, 0.1) is 17.3 Å². The van der Waals surface area contributed by atoms with Gasteiger partial charge in [0.05, 0.1) is 0 Å². The van der Waals surface area contributed by atoms with Crippen LogP contribution in [-0.4, -0.2) is 13.1 Å². The van der Waals surface area contributed by atoms with Crippen LogP contribution in [0.2, 0.25) is 4.34 Å². The Morgan fingerprint density at radius 1 is 1.50 bits per heavy atom. The van der Waals surface area contributed by atoms with Crippen molar-refractivity contribution in [2.75, 3.05) is 13.1 Å². The Balaban J connectivity index is 1.98. The van der Waals surface area contributed by atoms with Crippen molar-refractivity contribution >= 4 is 38.9 Å². The largest absolute Gasteiger partial charge is 0.316 e. The molecule has 1 aliphatic carbocycles. The smallest absolute Gasteiger partial charge is 0.107 e. The number of hydrogen-bond donors (Lipinski definition) is 1. The number of thiophene rings is 1. The summed E-state index contributed by atoms with van der Waals surface area (Å²) in [6.45, 7) is 11.4. The first-order valence-corrected chi connectivity index (χ1v) is 8.48. The van der Waals surface area contributed by atoms with Gasteiger partial charge >= 0.3 is 0 Å². The average molecular weight is 351 g/mol. The highest BCUT2D eigenvalue weighted by Gasteiger charge is 2.58. The van der Waals surface area contributed by atoms with E-state index in [2.05, 4.69) is 55.0 Å². The van der Waals surface area contributed by atoms with Gasteiger partial charge in [-0.05, 0) is 52.3 Å². The molecule has 1 fully saturated rings. The van der Waals surface area contributed by atoms with Crippen LogP contribution in [0.1, 0.15) is 38.5 Å². The average Bonchev–Trinajstić information content (AvgIpc) is 2.61. The molecule has 2 atom stereocenters. The van der Waals surface area contributed by atoms with Crippen molar-refractivity contribution in [2.24, 2.45) is 17.3 Å². The molecule has 0 aromatic carbocycles. The van der Waals surface area contributed by atoms with Gasteiger partial charge in [0.15, 0.2) is 0 Å². The molecule has 1 N–H and O–H groups in total. The lowest BCUT2D eigenvalue weighted by atomic mass is 10.1. The summed E-state index contributed by atoms with van der Waals surface area (Å²) in [5.74, 6) is 2.11. The normalized spacial score (nSPS) is 25.7. The van der Waals surface area contributed by atoms with Crippen molar-refractivity contribution in [3.63, 3.8) is 0 Å². The van der Waals surface area contributed by atoms with E-state index < -0.39 is 0 Å². The minimum absolute atomic E-state index is 0.400. The molecule has 0 saturated heterocycles. The van der Waals surface area contributed by atoms with E-state index in [-0.39, 0.29) is 0 Å². The third kappa shape index (κ3) is 2.95. The van der Waals surface area contributed by atoms with E-state index in [0.717, 1.165) is 33.7 Å². The molecule has 1 heterocycles. The van der Waals surface area contributed by atoms with Gasteiger partial charge in [-0.25, -0.2) is 0 Å². The number of nitrogens with one attached hydrogen (secondary N) is 1. The monoisotopic (exact) mass is 349 g/mol. The van der Waals surface area contributed by atoms with Crippen molar-refractivity contribution in [1.29, 1.82) is 0 Å². The van der Waals surface area contributed by atoms with Gasteiger partial charge in [0, 0.05) is 15.3 Å². The van der Waals surface area contributed by atoms with E-state index in [1.165, 1.54) is 4.88 Å². The first-order chi connectivity index (χ1) is 8.34. The summed E-state index contributed by atoms with van der Waals surface area (Å²) in [6.07, 6.45) is 0. The topological polar surface area (TPSA) is 12.0 Å². The number of rotatable bonds is 5. The third-order valence-corrected chi connectivity index (χ3v) is 6.50. The van der Waals surface area contributed by atoms with E-state index in [1.54, 1.807) is 11.3 Å². The van der Waals surface area contributed by atoms with Crippen LogP contribution in [0.25, 0.3) is 0 Å². The van der Waals surface area contributed by atoms with Crippen LogP contribution in [0.15, 0.2) is 10.5 Å². The van der Waals surface area contributed by atoms with Gasteiger partial charge in [-0.1, -0.05) is 39.3 Å². The molecule has 0 radical (unpaired) electrons. The van der Waals surface area contributed by atoms with Crippen LogP contribution >= 0.6 is 38.9 Å². The van der Waals surface area contributed by atoms with Crippen LogP contribution in [0.3, 0.4) is 0 Å². The van der Waals surface area contributed by atoms with Crippen LogP contribution in [0.5, 0.6) is 0 Å². The van der Waals surface area contributed by atoms with Crippen molar-refractivity contribution in [1.82, 2.24) is 5.32 Å². The van der Waals surface area contributed by atoms with E-state index in [0.29, 0.717) is 11.3 Å². The molecule has 0 spiro atoms. The maximum atomic E-state index is 6.14. The van der Waals surface area contributed by atoms with Crippen LogP contribution in [-0.2, 0) is 0 Å². The predicted octanol–water partition coefficient (Wildman–Crippen LogP) is 5.15. The molecule has 1 aromatic heterocycles. The fourth-order valence-electron chi connectivity index (χ4n) is 2.73. The lowest BCUT2D eigenvalue weighted by Crippen LogP contribution is -2.23. The Kier molecular flexibility index (Phi) is 4.48. The Morgan fingerprint density at radius 3 is 2.67 bits per heavy atom. The van der Waals surface area contributed by atoms with Gasteiger partial charge in [0.25, 0.3) is 0 Å². The molecule has 4 heteroatoms. The molecule has 102 valence electrons. The Morgan fingerprint density at radius 2 is 2.17 bits per heavy atom. The Hall–Kier alpha value is 0.430. The maximum Gasteiger partial charge on any atom is 0.107 e. The minimum Gasteiger partial charge on any atom is -0.316 e. The van der Waals surface area contributed by atoms with Gasteiger partial charge in [-0.15, -0.1) is 11.3 Å². The lowest BCUT2D eigenvalue weighted by molar-refractivity contribution is 0.487. The van der Waals surface area contributed by atoms with Gasteiger partial charge in [-0.2, -0.15) is 0 Å². The highest BCUT2D eigenvalue weighted by molar-refractivity contribution is 9.10. The molecule has 2 unspecified atom stereocenters. The Labute approximate surface area is 127 Å². The molecular formula is C14H21BrClNS. The minimum atomic E-state index is 0.400. The van der Waals surface area contributed by atoms with E-state index in [9.17, 15) is 0 Å². The number of hydrogen-bond acceptors (Lipinski definition) is 2. The summed E-state index contributed by atoms with van der Waals surface area (Å²) < 4.78 is 1.92. The predicted molar refractivity (Wildman–Crippen MR) is 84.7 cm³/mol. The molecule has 0 aliphatic heterocycles. The van der Waals surface area contributed by atoms with Gasteiger partial charge in [-0.3, -0.25) is 0 Å². The maximum absolute atomic E-state index is 6.14. The molecule has 1 aromatic rings.